The van der Waals surface area contributed by atoms with Gasteiger partial charge in [-0.25, -0.2) is 0 Å². The highest BCUT2D eigenvalue weighted by atomic mass is 35.5. The number of hydrogen-bond donors (Lipinski definition) is 2. The Morgan fingerprint density at radius 2 is 1.53 bits per heavy atom. The van der Waals surface area contributed by atoms with Crippen LogP contribution >= 0.6 is 11.6 Å². The maximum Gasteiger partial charge on any atom is 0.272 e. The second kappa shape index (κ2) is 11.2. The number of amides is 2. The Kier molecular flexibility index (Phi) is 8.16. The van der Waals surface area contributed by atoms with E-state index in [0.717, 1.165) is 5.56 Å². The van der Waals surface area contributed by atoms with Crippen molar-refractivity contribution in [1.82, 2.24) is 5.32 Å². The number of nitrogens with one attached hydrogen (secondary N) is 2. The van der Waals surface area contributed by atoms with Gasteiger partial charge in [-0.2, -0.15) is 0 Å². The maximum absolute atomic E-state index is 13.3. The van der Waals surface area contributed by atoms with Crippen molar-refractivity contribution in [1.29, 1.82) is 0 Å². The zero-order valence-corrected chi connectivity index (χ0v) is 20.0. The van der Waals surface area contributed by atoms with Crippen LogP contribution in [0.25, 0.3) is 6.08 Å². The molecule has 2 amide bonds. The molecule has 0 bridgehead atoms. The summed E-state index contributed by atoms with van der Waals surface area (Å²) in [5.74, 6) is 0.276. The Hall–Kier alpha value is -3.97. The third-order valence-electron chi connectivity index (χ3n) is 4.97. The molecule has 0 aromatic heterocycles. The van der Waals surface area contributed by atoms with Crippen LogP contribution in [-0.2, 0) is 4.79 Å². The molecule has 3 aromatic carbocycles. The number of carbonyl (C=O) groups is 2. The summed E-state index contributed by atoms with van der Waals surface area (Å²) in [6, 6.07) is 17.1. The summed E-state index contributed by atoms with van der Waals surface area (Å²) in [6.07, 6.45) is 1.53. The largest absolute Gasteiger partial charge is 0.493 e. The Morgan fingerprint density at radius 3 is 2.12 bits per heavy atom. The van der Waals surface area contributed by atoms with Crippen molar-refractivity contribution in [2.75, 3.05) is 26.6 Å². The summed E-state index contributed by atoms with van der Waals surface area (Å²) in [7, 11) is 4.50. The smallest absolute Gasteiger partial charge is 0.272 e. The molecule has 2 N–H and O–H groups in total. The monoisotopic (exact) mass is 480 g/mol. The summed E-state index contributed by atoms with van der Waals surface area (Å²) in [5, 5.41) is 5.99. The molecule has 0 radical (unpaired) electrons. The first kappa shape index (κ1) is 24.7. The molecule has 0 aliphatic rings. The van der Waals surface area contributed by atoms with Crippen molar-refractivity contribution in [2.24, 2.45) is 0 Å². The van der Waals surface area contributed by atoms with E-state index in [0.29, 0.717) is 39.1 Å². The number of hydrogen-bond acceptors (Lipinski definition) is 5. The lowest BCUT2D eigenvalue weighted by atomic mass is 10.1. The van der Waals surface area contributed by atoms with Crippen LogP contribution in [0.3, 0.4) is 0 Å². The molecule has 3 rings (SSSR count). The van der Waals surface area contributed by atoms with E-state index in [4.69, 9.17) is 25.8 Å². The van der Waals surface area contributed by atoms with Gasteiger partial charge in [0.1, 0.15) is 5.70 Å². The van der Waals surface area contributed by atoms with Gasteiger partial charge in [0.15, 0.2) is 11.5 Å². The fourth-order valence-corrected chi connectivity index (χ4v) is 3.38. The second-order valence-corrected chi connectivity index (χ2v) is 7.69. The van der Waals surface area contributed by atoms with Crippen LogP contribution in [0.1, 0.15) is 21.5 Å². The Balaban J connectivity index is 2.03. The van der Waals surface area contributed by atoms with Gasteiger partial charge in [0.25, 0.3) is 11.8 Å². The molecule has 0 aliphatic carbocycles. The number of carbonyl (C=O) groups excluding carboxylic acids is 2. The van der Waals surface area contributed by atoms with E-state index in [2.05, 4.69) is 10.6 Å². The first-order chi connectivity index (χ1) is 16.4. The van der Waals surface area contributed by atoms with Gasteiger partial charge in [0, 0.05) is 16.3 Å². The number of rotatable bonds is 8. The van der Waals surface area contributed by atoms with Crippen LogP contribution < -0.4 is 24.8 Å². The second-order valence-electron chi connectivity index (χ2n) is 7.25. The molecule has 176 valence electrons. The van der Waals surface area contributed by atoms with E-state index in [1.165, 1.54) is 27.4 Å². The van der Waals surface area contributed by atoms with Crippen LogP contribution in [0.4, 0.5) is 5.69 Å². The van der Waals surface area contributed by atoms with E-state index in [1.807, 2.05) is 6.92 Å². The number of ether oxygens (including phenoxy) is 3. The number of anilines is 1. The highest BCUT2D eigenvalue weighted by Gasteiger charge is 2.18. The minimum absolute atomic E-state index is 0.0162. The van der Waals surface area contributed by atoms with Crippen LogP contribution in [0.15, 0.2) is 66.4 Å². The van der Waals surface area contributed by atoms with Crippen molar-refractivity contribution < 1.29 is 23.8 Å². The average molecular weight is 481 g/mol. The normalized spacial score (nSPS) is 10.9. The van der Waals surface area contributed by atoms with Gasteiger partial charge < -0.3 is 24.8 Å². The number of benzene rings is 3. The summed E-state index contributed by atoms with van der Waals surface area (Å²) >= 11 is 6.09. The van der Waals surface area contributed by atoms with E-state index in [-0.39, 0.29) is 5.70 Å². The number of methoxy groups -OCH3 is 3. The van der Waals surface area contributed by atoms with Gasteiger partial charge in [0.05, 0.1) is 21.3 Å². The quantitative estimate of drug-likeness (QED) is 0.439. The van der Waals surface area contributed by atoms with Crippen molar-refractivity contribution >= 4 is 35.2 Å². The third kappa shape index (κ3) is 5.88. The Bertz CT molecular complexity index is 1200. The van der Waals surface area contributed by atoms with E-state index < -0.39 is 11.8 Å². The van der Waals surface area contributed by atoms with E-state index >= 15 is 0 Å². The molecule has 0 aliphatic heterocycles. The van der Waals surface area contributed by atoms with E-state index in [1.54, 1.807) is 60.7 Å². The molecule has 7 nitrogen and oxygen atoms in total. The zero-order chi connectivity index (χ0) is 24.7. The molecule has 3 aromatic rings. The minimum Gasteiger partial charge on any atom is -0.493 e. The highest BCUT2D eigenvalue weighted by molar-refractivity contribution is 6.31. The fourth-order valence-electron chi connectivity index (χ4n) is 3.21. The van der Waals surface area contributed by atoms with Gasteiger partial charge >= 0.3 is 0 Å². The molecular formula is C26H25ClN2O5. The number of aryl methyl sites for hydroxylation is 1. The Morgan fingerprint density at radius 1 is 0.882 bits per heavy atom. The van der Waals surface area contributed by atoms with Gasteiger partial charge in [0.2, 0.25) is 5.75 Å². The predicted molar refractivity (Wildman–Crippen MR) is 133 cm³/mol. The molecule has 8 heteroatoms. The lowest BCUT2D eigenvalue weighted by Gasteiger charge is -2.15. The summed E-state index contributed by atoms with van der Waals surface area (Å²) in [5.41, 5.74) is 2.32. The summed E-state index contributed by atoms with van der Waals surface area (Å²) < 4.78 is 16.2. The lowest BCUT2D eigenvalue weighted by Crippen LogP contribution is -2.30. The van der Waals surface area contributed by atoms with Gasteiger partial charge in [-0.3, -0.25) is 9.59 Å². The first-order valence-corrected chi connectivity index (χ1v) is 10.7. The topological polar surface area (TPSA) is 85.9 Å². The first-order valence-electron chi connectivity index (χ1n) is 10.3. The van der Waals surface area contributed by atoms with Crippen LogP contribution in [0.2, 0.25) is 5.02 Å². The molecule has 0 saturated carbocycles. The van der Waals surface area contributed by atoms with Crippen molar-refractivity contribution in [3.8, 4) is 17.2 Å². The molecule has 0 heterocycles. The Labute approximate surface area is 203 Å². The van der Waals surface area contributed by atoms with Crippen molar-refractivity contribution in [3.63, 3.8) is 0 Å². The lowest BCUT2D eigenvalue weighted by molar-refractivity contribution is -0.113. The number of halogens is 1. The standard InChI is InChI=1S/C26H25ClN2O5/c1-16-10-11-19(27)15-20(16)28-26(31)21(29-25(30)18-8-6-5-7-9-18)12-17-13-22(32-2)24(34-4)23(14-17)33-3/h5-15H,1-4H3,(H,28,31)(H,29,30)/b21-12+. The molecule has 34 heavy (non-hydrogen) atoms. The van der Waals surface area contributed by atoms with Gasteiger partial charge in [-0.15, -0.1) is 0 Å². The fraction of sp³-hybridized carbons (Fsp3) is 0.154. The van der Waals surface area contributed by atoms with Gasteiger partial charge in [-0.1, -0.05) is 35.9 Å². The molecular weight excluding hydrogens is 456 g/mol. The van der Waals surface area contributed by atoms with E-state index in [9.17, 15) is 9.59 Å². The van der Waals surface area contributed by atoms with Crippen LogP contribution in [-0.4, -0.2) is 33.1 Å². The maximum atomic E-state index is 13.3. The third-order valence-corrected chi connectivity index (χ3v) is 5.21. The van der Waals surface area contributed by atoms with Crippen LogP contribution in [0.5, 0.6) is 17.2 Å². The van der Waals surface area contributed by atoms with Crippen LogP contribution in [0, 0.1) is 6.92 Å². The predicted octanol–water partition coefficient (Wildman–Crippen LogP) is 5.08. The molecule has 0 fully saturated rings. The summed E-state index contributed by atoms with van der Waals surface area (Å²) in [4.78, 5) is 26.1. The van der Waals surface area contributed by atoms with Gasteiger partial charge in [-0.05, 0) is 60.5 Å². The van der Waals surface area contributed by atoms with Crippen molar-refractivity contribution in [2.45, 2.75) is 6.92 Å². The minimum atomic E-state index is -0.525. The van der Waals surface area contributed by atoms with Crippen molar-refractivity contribution in [3.05, 3.63) is 88.1 Å². The molecule has 0 atom stereocenters. The summed E-state index contributed by atoms with van der Waals surface area (Å²) in [6.45, 7) is 1.84. The average Bonchev–Trinajstić information content (AvgIpc) is 2.85. The molecule has 0 spiro atoms. The zero-order valence-electron chi connectivity index (χ0n) is 19.3. The molecule has 0 saturated heterocycles. The SMILES string of the molecule is COc1cc(/C=C(/NC(=O)c2ccccc2)C(=O)Nc2cc(Cl)ccc2C)cc(OC)c1OC. The molecule has 0 unspecified atom stereocenters. The highest BCUT2D eigenvalue weighted by Crippen LogP contribution is 2.38.